The molecule has 34 heavy (non-hydrogen) atoms. The van der Waals surface area contributed by atoms with Crippen molar-refractivity contribution < 1.29 is 4.74 Å². The molecule has 0 aliphatic heterocycles. The third-order valence-electron chi connectivity index (χ3n) is 5.37. The molecule has 0 bridgehead atoms. The van der Waals surface area contributed by atoms with E-state index in [2.05, 4.69) is 43.1 Å². The number of halogens is 1. The Bertz CT molecular complexity index is 1400. The minimum Gasteiger partial charge on any atom is -0.457 e. The van der Waals surface area contributed by atoms with E-state index in [1.165, 1.54) is 0 Å². The molecule has 0 atom stereocenters. The fourth-order valence-electron chi connectivity index (χ4n) is 3.60. The molecule has 1 saturated carbocycles. The first kappa shape index (κ1) is 22.3. The Balaban J connectivity index is 0.00000117. The Labute approximate surface area is 211 Å². The smallest absolute Gasteiger partial charge is 0.247 e. The Kier molecular flexibility index (Phi) is 6.66. The second-order valence-corrected chi connectivity index (χ2v) is 7.80. The second kappa shape index (κ2) is 10.2. The molecule has 7 nitrogen and oxygen atoms in total. The fourth-order valence-corrected chi connectivity index (χ4v) is 3.60. The molecule has 0 radical (unpaired) electrons. The minimum atomic E-state index is 0.503. The quantitative estimate of drug-likeness (QED) is 0.173. The molecular formula is C26H23IN6O. The van der Waals surface area contributed by atoms with Crippen LogP contribution in [-0.2, 0) is 0 Å². The van der Waals surface area contributed by atoms with Crippen LogP contribution < -0.4 is 10.1 Å². The summed E-state index contributed by atoms with van der Waals surface area (Å²) in [5.74, 6) is 4.72. The molecule has 170 valence electrons. The Morgan fingerprint density at radius 2 is 1.62 bits per heavy atom. The largest absolute Gasteiger partial charge is 0.457 e. The average molecular weight is 562 g/mol. The molecule has 1 aliphatic carbocycles. The summed E-state index contributed by atoms with van der Waals surface area (Å²) >= 11 is 2.15. The van der Waals surface area contributed by atoms with Crippen molar-refractivity contribution in [1.82, 2.24) is 25.1 Å². The molecule has 2 aromatic heterocycles. The van der Waals surface area contributed by atoms with Gasteiger partial charge in [0.25, 0.3) is 0 Å². The van der Waals surface area contributed by atoms with Crippen LogP contribution in [-0.4, -0.2) is 30.1 Å². The van der Waals surface area contributed by atoms with Crippen LogP contribution in [0.15, 0.2) is 78.9 Å². The molecule has 5 aromatic rings. The summed E-state index contributed by atoms with van der Waals surface area (Å²) in [4.78, 5) is 16.1. The van der Waals surface area contributed by atoms with Crippen molar-refractivity contribution in [3.63, 3.8) is 0 Å². The zero-order chi connectivity index (χ0) is 23.3. The molecule has 0 unspecified atom stereocenters. The standard InChI is InChI=1S/C25H20N6O.CH3I/c1-2-8-18(9-3-1)32-19-10-6-7-17(15-19)22-26-21-12-5-4-11-20(21)24(27-22)29-25-28-23(30-31-25)16-13-14-16;1-2/h1-12,15-16H,13-14H2,(H2,26,27,28,29,30,31);1H3. The highest BCUT2D eigenvalue weighted by Gasteiger charge is 2.27. The number of fused-ring (bicyclic) bond motifs is 1. The number of hydrogen-bond acceptors (Lipinski definition) is 6. The van der Waals surface area contributed by atoms with Gasteiger partial charge in [-0.1, -0.05) is 65.1 Å². The summed E-state index contributed by atoms with van der Waals surface area (Å²) in [7, 11) is 0. The van der Waals surface area contributed by atoms with Crippen LogP contribution in [0.1, 0.15) is 24.6 Å². The van der Waals surface area contributed by atoms with Crippen molar-refractivity contribution in [3.8, 4) is 22.9 Å². The van der Waals surface area contributed by atoms with Gasteiger partial charge >= 0.3 is 0 Å². The minimum absolute atomic E-state index is 0.503. The van der Waals surface area contributed by atoms with E-state index in [4.69, 9.17) is 14.7 Å². The number of alkyl halides is 1. The van der Waals surface area contributed by atoms with Crippen LogP contribution in [0.5, 0.6) is 11.5 Å². The van der Waals surface area contributed by atoms with E-state index in [0.29, 0.717) is 23.5 Å². The first-order valence-electron chi connectivity index (χ1n) is 11.0. The monoisotopic (exact) mass is 562 g/mol. The van der Waals surface area contributed by atoms with Gasteiger partial charge in [-0.15, -0.1) is 5.10 Å². The van der Waals surface area contributed by atoms with E-state index in [9.17, 15) is 0 Å². The average Bonchev–Trinajstić information content (AvgIpc) is 3.64. The van der Waals surface area contributed by atoms with Crippen LogP contribution in [0, 0.1) is 0 Å². The number of rotatable bonds is 6. The number of aromatic nitrogens is 5. The third-order valence-corrected chi connectivity index (χ3v) is 5.37. The van der Waals surface area contributed by atoms with Gasteiger partial charge in [-0.05, 0) is 54.2 Å². The lowest BCUT2D eigenvalue weighted by atomic mass is 10.1. The van der Waals surface area contributed by atoms with E-state index >= 15 is 0 Å². The summed E-state index contributed by atoms with van der Waals surface area (Å²) in [6, 6.07) is 25.4. The number of H-pyrrole nitrogens is 1. The van der Waals surface area contributed by atoms with Gasteiger partial charge in [0, 0.05) is 16.9 Å². The summed E-state index contributed by atoms with van der Waals surface area (Å²) in [6.45, 7) is 0. The van der Waals surface area contributed by atoms with Crippen molar-refractivity contribution >= 4 is 45.3 Å². The van der Waals surface area contributed by atoms with Gasteiger partial charge in [-0.3, -0.25) is 5.10 Å². The highest BCUT2D eigenvalue weighted by atomic mass is 127. The Hall–Kier alpha value is -3.53. The molecule has 1 fully saturated rings. The summed E-state index contributed by atoms with van der Waals surface area (Å²) in [6.07, 6.45) is 2.33. The van der Waals surface area contributed by atoms with Crippen LogP contribution in [0.3, 0.4) is 0 Å². The van der Waals surface area contributed by atoms with E-state index < -0.39 is 0 Å². The highest BCUT2D eigenvalue weighted by Crippen LogP contribution is 2.38. The maximum absolute atomic E-state index is 5.99. The summed E-state index contributed by atoms with van der Waals surface area (Å²) in [5, 5.41) is 11.5. The van der Waals surface area contributed by atoms with Gasteiger partial charge < -0.3 is 10.1 Å². The van der Waals surface area contributed by atoms with Crippen molar-refractivity contribution in [2.75, 3.05) is 10.2 Å². The van der Waals surface area contributed by atoms with E-state index in [0.717, 1.165) is 46.6 Å². The van der Waals surface area contributed by atoms with Crippen LogP contribution in [0.25, 0.3) is 22.3 Å². The molecule has 0 amide bonds. The highest BCUT2D eigenvalue weighted by molar-refractivity contribution is 14.1. The number of ether oxygens (including phenoxy) is 1. The second-order valence-electron chi connectivity index (χ2n) is 7.80. The first-order chi connectivity index (χ1) is 16.8. The Morgan fingerprint density at radius 3 is 2.44 bits per heavy atom. The van der Waals surface area contributed by atoms with Gasteiger partial charge in [0.1, 0.15) is 23.1 Å². The normalized spacial score (nSPS) is 12.6. The van der Waals surface area contributed by atoms with Gasteiger partial charge in [-0.25, -0.2) is 9.97 Å². The lowest BCUT2D eigenvalue weighted by Gasteiger charge is -2.10. The molecule has 0 spiro atoms. The Morgan fingerprint density at radius 1 is 0.853 bits per heavy atom. The van der Waals surface area contributed by atoms with Gasteiger partial charge in [0.15, 0.2) is 5.82 Å². The summed E-state index contributed by atoms with van der Waals surface area (Å²) in [5.41, 5.74) is 1.70. The number of aromatic amines is 1. The van der Waals surface area contributed by atoms with Gasteiger partial charge in [0.2, 0.25) is 5.95 Å². The van der Waals surface area contributed by atoms with Gasteiger partial charge in [0.05, 0.1) is 5.52 Å². The van der Waals surface area contributed by atoms with E-state index in [1.807, 2.05) is 83.8 Å². The number of nitrogens with one attached hydrogen (secondary N) is 2. The predicted molar refractivity (Wildman–Crippen MR) is 143 cm³/mol. The maximum atomic E-state index is 5.99. The number of hydrogen-bond donors (Lipinski definition) is 2. The SMILES string of the molecule is CI.c1ccc(Oc2cccc(-c3nc(Nc4n[nH]c(C5CC5)n4)c4ccccc4n3)c2)cc1. The van der Waals surface area contributed by atoms with Crippen molar-refractivity contribution in [2.24, 2.45) is 0 Å². The molecule has 3 aromatic carbocycles. The lowest BCUT2D eigenvalue weighted by molar-refractivity contribution is 0.483. The third kappa shape index (κ3) is 5.01. The van der Waals surface area contributed by atoms with Crippen LogP contribution in [0.2, 0.25) is 0 Å². The van der Waals surface area contributed by atoms with E-state index in [-0.39, 0.29) is 0 Å². The molecule has 6 rings (SSSR count). The zero-order valence-electron chi connectivity index (χ0n) is 18.6. The molecule has 8 heteroatoms. The number of para-hydroxylation sites is 2. The maximum Gasteiger partial charge on any atom is 0.247 e. The predicted octanol–water partition coefficient (Wildman–Crippen LogP) is 6.88. The number of nitrogens with zero attached hydrogens (tertiary/aromatic N) is 4. The molecule has 2 N–H and O–H groups in total. The lowest BCUT2D eigenvalue weighted by Crippen LogP contribution is -2.00. The zero-order valence-corrected chi connectivity index (χ0v) is 20.7. The van der Waals surface area contributed by atoms with Crippen molar-refractivity contribution in [2.45, 2.75) is 18.8 Å². The number of benzene rings is 3. The topological polar surface area (TPSA) is 88.6 Å². The molecular weight excluding hydrogens is 539 g/mol. The van der Waals surface area contributed by atoms with Crippen LogP contribution >= 0.6 is 22.6 Å². The first-order valence-corrected chi connectivity index (χ1v) is 13.1. The van der Waals surface area contributed by atoms with Gasteiger partial charge in [-0.2, -0.15) is 4.98 Å². The summed E-state index contributed by atoms with van der Waals surface area (Å²) < 4.78 is 5.99. The van der Waals surface area contributed by atoms with Crippen LogP contribution in [0.4, 0.5) is 11.8 Å². The molecule has 2 heterocycles. The van der Waals surface area contributed by atoms with Crippen molar-refractivity contribution in [3.05, 3.63) is 84.7 Å². The van der Waals surface area contributed by atoms with Crippen molar-refractivity contribution in [1.29, 1.82) is 0 Å². The number of anilines is 2. The molecule has 0 saturated heterocycles. The molecule has 1 aliphatic rings. The van der Waals surface area contributed by atoms with E-state index in [1.54, 1.807) is 0 Å². The fraction of sp³-hybridized carbons (Fsp3) is 0.154.